The van der Waals surface area contributed by atoms with Crippen molar-refractivity contribution in [2.24, 2.45) is 5.92 Å². The van der Waals surface area contributed by atoms with Gasteiger partial charge in [-0.25, -0.2) is 9.37 Å². The smallest absolute Gasteiger partial charge is 0.253 e. The Bertz CT molecular complexity index is 1010. The highest BCUT2D eigenvalue weighted by Crippen LogP contribution is 2.29. The molecule has 0 radical (unpaired) electrons. The van der Waals surface area contributed by atoms with Crippen molar-refractivity contribution in [2.45, 2.75) is 19.8 Å². The number of carbonyl (C=O) groups is 1. The monoisotopic (exact) mass is 393 g/mol. The zero-order chi connectivity index (χ0) is 20.2. The lowest BCUT2D eigenvalue weighted by Crippen LogP contribution is -2.32. The maximum atomic E-state index is 13.2. The van der Waals surface area contributed by atoms with Crippen molar-refractivity contribution in [1.29, 1.82) is 0 Å². The number of amides is 1. The standard InChI is InChI=1S/C23H24FN3O2/c1-15-3-2-4-19-21(15)20(23(28)26-13-16-9-11-29-12-10-16)14-25-22(19)27-18-7-5-17(24)6-8-18/h2-8,14,16H,9-13H2,1H3,(H,25,27)(H,26,28). The molecule has 1 aliphatic rings. The predicted molar refractivity (Wildman–Crippen MR) is 112 cm³/mol. The Morgan fingerprint density at radius 1 is 1.17 bits per heavy atom. The van der Waals surface area contributed by atoms with Crippen LogP contribution in [0.3, 0.4) is 0 Å². The molecule has 0 aliphatic carbocycles. The number of fused-ring (bicyclic) bond motifs is 1. The lowest BCUT2D eigenvalue weighted by atomic mass is 9.99. The summed E-state index contributed by atoms with van der Waals surface area (Å²) >= 11 is 0. The maximum absolute atomic E-state index is 13.2. The van der Waals surface area contributed by atoms with E-state index >= 15 is 0 Å². The van der Waals surface area contributed by atoms with Crippen LogP contribution in [0.4, 0.5) is 15.9 Å². The Labute approximate surface area is 169 Å². The van der Waals surface area contributed by atoms with Gasteiger partial charge in [-0.1, -0.05) is 18.2 Å². The van der Waals surface area contributed by atoms with Crippen LogP contribution in [0.2, 0.25) is 0 Å². The van der Waals surface area contributed by atoms with Crippen LogP contribution < -0.4 is 10.6 Å². The summed E-state index contributed by atoms with van der Waals surface area (Å²) in [6.07, 6.45) is 3.55. The Morgan fingerprint density at radius 2 is 1.93 bits per heavy atom. The minimum atomic E-state index is -0.291. The van der Waals surface area contributed by atoms with Gasteiger partial charge in [-0.15, -0.1) is 0 Å². The molecule has 1 aromatic heterocycles. The summed E-state index contributed by atoms with van der Waals surface area (Å²) in [6, 6.07) is 12.0. The maximum Gasteiger partial charge on any atom is 0.253 e. The quantitative estimate of drug-likeness (QED) is 0.666. The molecular formula is C23H24FN3O2. The number of pyridine rings is 1. The summed E-state index contributed by atoms with van der Waals surface area (Å²) in [5.41, 5.74) is 2.30. The van der Waals surface area contributed by atoms with E-state index in [4.69, 9.17) is 4.74 Å². The van der Waals surface area contributed by atoms with Gasteiger partial charge in [-0.2, -0.15) is 0 Å². The number of nitrogens with one attached hydrogen (secondary N) is 2. The first-order chi connectivity index (χ1) is 14.1. The fourth-order valence-electron chi connectivity index (χ4n) is 3.71. The Balaban J connectivity index is 1.61. The molecule has 2 N–H and O–H groups in total. The summed E-state index contributed by atoms with van der Waals surface area (Å²) in [7, 11) is 0. The number of anilines is 2. The van der Waals surface area contributed by atoms with E-state index in [1.54, 1.807) is 18.3 Å². The molecule has 3 aromatic rings. The molecule has 0 spiro atoms. The van der Waals surface area contributed by atoms with E-state index in [2.05, 4.69) is 15.6 Å². The van der Waals surface area contributed by atoms with Gasteiger partial charge < -0.3 is 15.4 Å². The predicted octanol–water partition coefficient (Wildman–Crippen LogP) is 4.58. The number of carbonyl (C=O) groups excluding carboxylic acids is 1. The van der Waals surface area contributed by atoms with Crippen LogP contribution in [-0.2, 0) is 4.74 Å². The van der Waals surface area contributed by atoms with Crippen LogP contribution in [0, 0.1) is 18.7 Å². The fraction of sp³-hybridized carbons (Fsp3) is 0.304. The van der Waals surface area contributed by atoms with Crippen LogP contribution in [0.5, 0.6) is 0 Å². The number of rotatable bonds is 5. The molecule has 0 saturated carbocycles. The lowest BCUT2D eigenvalue weighted by Gasteiger charge is -2.22. The zero-order valence-corrected chi connectivity index (χ0v) is 16.4. The summed E-state index contributed by atoms with van der Waals surface area (Å²) < 4.78 is 18.6. The van der Waals surface area contributed by atoms with Crippen molar-refractivity contribution in [3.05, 3.63) is 65.6 Å². The number of nitrogens with zero attached hydrogens (tertiary/aromatic N) is 1. The summed E-state index contributed by atoms with van der Waals surface area (Å²) in [4.78, 5) is 17.4. The molecule has 150 valence electrons. The van der Waals surface area contributed by atoms with Crippen molar-refractivity contribution < 1.29 is 13.9 Å². The molecule has 2 heterocycles. The van der Waals surface area contributed by atoms with Crippen LogP contribution in [0.1, 0.15) is 28.8 Å². The van der Waals surface area contributed by atoms with Crippen LogP contribution >= 0.6 is 0 Å². The van der Waals surface area contributed by atoms with Gasteiger partial charge in [0.15, 0.2) is 0 Å². The van der Waals surface area contributed by atoms with E-state index in [0.717, 1.165) is 48.1 Å². The third-order valence-corrected chi connectivity index (χ3v) is 5.36. The minimum absolute atomic E-state index is 0.114. The second-order valence-corrected chi connectivity index (χ2v) is 7.42. The third-order valence-electron chi connectivity index (χ3n) is 5.36. The van der Waals surface area contributed by atoms with Crippen LogP contribution in [0.15, 0.2) is 48.7 Å². The number of hydrogen-bond donors (Lipinski definition) is 2. The fourth-order valence-corrected chi connectivity index (χ4v) is 3.71. The van der Waals surface area contributed by atoms with Crippen molar-refractivity contribution in [1.82, 2.24) is 10.3 Å². The van der Waals surface area contributed by atoms with Gasteiger partial charge in [0, 0.05) is 42.4 Å². The molecule has 1 amide bonds. The first-order valence-electron chi connectivity index (χ1n) is 9.88. The number of aromatic nitrogens is 1. The first-order valence-corrected chi connectivity index (χ1v) is 9.88. The van der Waals surface area contributed by atoms with Crippen LogP contribution in [-0.4, -0.2) is 30.6 Å². The van der Waals surface area contributed by atoms with Gasteiger partial charge in [-0.3, -0.25) is 4.79 Å². The van der Waals surface area contributed by atoms with Gasteiger partial charge in [0.2, 0.25) is 0 Å². The van der Waals surface area contributed by atoms with Gasteiger partial charge in [-0.05, 0) is 55.5 Å². The topological polar surface area (TPSA) is 63.2 Å². The van der Waals surface area contributed by atoms with Crippen molar-refractivity contribution >= 4 is 28.2 Å². The minimum Gasteiger partial charge on any atom is -0.381 e. The van der Waals surface area contributed by atoms with E-state index < -0.39 is 0 Å². The molecule has 0 atom stereocenters. The molecule has 5 nitrogen and oxygen atoms in total. The molecule has 1 saturated heterocycles. The number of hydrogen-bond acceptors (Lipinski definition) is 4. The number of benzene rings is 2. The largest absolute Gasteiger partial charge is 0.381 e. The van der Waals surface area contributed by atoms with Crippen molar-refractivity contribution in [3.8, 4) is 0 Å². The Hall–Kier alpha value is -2.99. The first kappa shape index (κ1) is 19.3. The van der Waals surface area contributed by atoms with E-state index in [-0.39, 0.29) is 11.7 Å². The summed E-state index contributed by atoms with van der Waals surface area (Å²) in [5, 5.41) is 8.02. The molecule has 4 rings (SSSR count). The second kappa shape index (κ2) is 8.57. The highest BCUT2D eigenvalue weighted by atomic mass is 19.1. The normalized spacial score (nSPS) is 14.7. The molecular weight excluding hydrogens is 369 g/mol. The Morgan fingerprint density at radius 3 is 2.69 bits per heavy atom. The van der Waals surface area contributed by atoms with E-state index in [0.29, 0.717) is 23.8 Å². The van der Waals surface area contributed by atoms with Crippen molar-refractivity contribution in [2.75, 3.05) is 25.1 Å². The summed E-state index contributed by atoms with van der Waals surface area (Å²) in [5.74, 6) is 0.682. The SMILES string of the molecule is Cc1cccc2c(Nc3ccc(F)cc3)ncc(C(=O)NCC3CCOCC3)c12. The third kappa shape index (κ3) is 4.38. The zero-order valence-electron chi connectivity index (χ0n) is 16.4. The molecule has 1 fully saturated rings. The molecule has 6 heteroatoms. The Kier molecular flexibility index (Phi) is 5.71. The molecule has 0 bridgehead atoms. The van der Waals surface area contributed by atoms with E-state index in [1.807, 2.05) is 25.1 Å². The summed E-state index contributed by atoms with van der Waals surface area (Å²) in [6.45, 7) is 4.15. The highest BCUT2D eigenvalue weighted by Gasteiger charge is 2.18. The molecule has 2 aromatic carbocycles. The van der Waals surface area contributed by atoms with Gasteiger partial charge in [0.05, 0.1) is 5.56 Å². The average molecular weight is 393 g/mol. The lowest BCUT2D eigenvalue weighted by molar-refractivity contribution is 0.0643. The molecule has 0 unspecified atom stereocenters. The van der Waals surface area contributed by atoms with Crippen molar-refractivity contribution in [3.63, 3.8) is 0 Å². The number of halogens is 1. The van der Waals surface area contributed by atoms with Gasteiger partial charge >= 0.3 is 0 Å². The highest BCUT2D eigenvalue weighted by molar-refractivity contribution is 6.10. The number of aryl methyl sites for hydroxylation is 1. The van der Waals surface area contributed by atoms with Gasteiger partial charge in [0.1, 0.15) is 11.6 Å². The number of ether oxygens (including phenoxy) is 1. The molecule has 29 heavy (non-hydrogen) atoms. The average Bonchev–Trinajstić information content (AvgIpc) is 2.75. The van der Waals surface area contributed by atoms with Crippen LogP contribution in [0.25, 0.3) is 10.8 Å². The van der Waals surface area contributed by atoms with Gasteiger partial charge in [0.25, 0.3) is 5.91 Å². The second-order valence-electron chi connectivity index (χ2n) is 7.42. The van der Waals surface area contributed by atoms with E-state index in [9.17, 15) is 9.18 Å². The molecule has 1 aliphatic heterocycles. The van der Waals surface area contributed by atoms with E-state index in [1.165, 1.54) is 12.1 Å².